The minimum absolute atomic E-state index is 0.101. The molecule has 0 atom stereocenters. The van der Waals surface area contributed by atoms with Gasteiger partial charge in [0.25, 0.3) is 0 Å². The summed E-state index contributed by atoms with van der Waals surface area (Å²) in [6, 6.07) is 13.4. The number of anilines is 1. The van der Waals surface area contributed by atoms with Crippen molar-refractivity contribution in [3.63, 3.8) is 0 Å². The second-order valence-corrected chi connectivity index (χ2v) is 6.06. The van der Waals surface area contributed by atoms with Crippen molar-refractivity contribution < 1.29 is 9.53 Å². The second-order valence-electron chi connectivity index (χ2n) is 5.10. The standard InChI is InChI=1S/C17H17N3O2S/c1-11-7-8-12-14(9-11)20-17(19-12)23-10-16(21)18-13-5-3-4-6-15(13)22-2/h3-9H,10H2,1-2H3,(H,18,21)(H,19,20). The first-order valence-corrected chi connectivity index (χ1v) is 8.16. The van der Waals surface area contributed by atoms with Crippen molar-refractivity contribution in [3.8, 4) is 5.75 Å². The molecule has 0 spiro atoms. The van der Waals surface area contributed by atoms with Crippen LogP contribution < -0.4 is 10.1 Å². The molecule has 6 heteroatoms. The highest BCUT2D eigenvalue weighted by molar-refractivity contribution is 7.99. The van der Waals surface area contributed by atoms with Crippen LogP contribution in [0.4, 0.5) is 5.69 Å². The van der Waals surface area contributed by atoms with Crippen molar-refractivity contribution in [2.45, 2.75) is 12.1 Å². The SMILES string of the molecule is COc1ccccc1NC(=O)CSc1nc2ccc(C)cc2[nH]1. The van der Waals surface area contributed by atoms with Crippen molar-refractivity contribution in [2.75, 3.05) is 18.2 Å². The van der Waals surface area contributed by atoms with E-state index in [-0.39, 0.29) is 11.7 Å². The average Bonchev–Trinajstić information content (AvgIpc) is 2.95. The van der Waals surface area contributed by atoms with Gasteiger partial charge in [0, 0.05) is 0 Å². The first-order chi connectivity index (χ1) is 11.2. The molecular weight excluding hydrogens is 310 g/mol. The van der Waals surface area contributed by atoms with Crippen LogP contribution in [0.1, 0.15) is 5.56 Å². The van der Waals surface area contributed by atoms with Crippen molar-refractivity contribution in [1.29, 1.82) is 0 Å². The maximum atomic E-state index is 12.1. The minimum atomic E-state index is -0.101. The fraction of sp³-hybridized carbons (Fsp3) is 0.176. The quantitative estimate of drug-likeness (QED) is 0.703. The van der Waals surface area contributed by atoms with Gasteiger partial charge >= 0.3 is 0 Å². The lowest BCUT2D eigenvalue weighted by Crippen LogP contribution is -2.14. The number of para-hydroxylation sites is 2. The normalized spacial score (nSPS) is 10.7. The number of nitrogens with one attached hydrogen (secondary N) is 2. The Morgan fingerprint density at radius 3 is 2.96 bits per heavy atom. The number of ether oxygens (including phenoxy) is 1. The number of aromatic amines is 1. The van der Waals surface area contributed by atoms with E-state index >= 15 is 0 Å². The zero-order valence-corrected chi connectivity index (χ0v) is 13.7. The number of benzene rings is 2. The van der Waals surface area contributed by atoms with E-state index in [1.165, 1.54) is 17.3 Å². The first-order valence-electron chi connectivity index (χ1n) is 7.18. The van der Waals surface area contributed by atoms with Gasteiger partial charge in [0.05, 0.1) is 29.6 Å². The molecule has 0 unspecified atom stereocenters. The van der Waals surface area contributed by atoms with Crippen LogP contribution in [-0.4, -0.2) is 28.7 Å². The number of amides is 1. The molecule has 5 nitrogen and oxygen atoms in total. The molecule has 3 rings (SSSR count). The fourth-order valence-electron chi connectivity index (χ4n) is 2.24. The van der Waals surface area contributed by atoms with E-state index in [1.807, 2.05) is 49.4 Å². The van der Waals surface area contributed by atoms with Gasteiger partial charge in [-0.3, -0.25) is 4.79 Å². The molecule has 1 heterocycles. The van der Waals surface area contributed by atoms with Crippen LogP contribution in [-0.2, 0) is 4.79 Å². The van der Waals surface area contributed by atoms with E-state index in [4.69, 9.17) is 4.74 Å². The molecule has 23 heavy (non-hydrogen) atoms. The maximum absolute atomic E-state index is 12.1. The van der Waals surface area contributed by atoms with Gasteiger partial charge in [0.1, 0.15) is 5.75 Å². The van der Waals surface area contributed by atoms with Gasteiger partial charge in [-0.05, 0) is 36.8 Å². The number of imidazole rings is 1. The number of hydrogen-bond donors (Lipinski definition) is 2. The predicted molar refractivity (Wildman–Crippen MR) is 93.2 cm³/mol. The molecule has 2 aromatic carbocycles. The topological polar surface area (TPSA) is 67.0 Å². The Balaban J connectivity index is 1.63. The Hall–Kier alpha value is -2.47. The molecule has 0 aliphatic rings. The van der Waals surface area contributed by atoms with E-state index in [9.17, 15) is 4.79 Å². The van der Waals surface area contributed by atoms with E-state index in [0.717, 1.165) is 16.2 Å². The highest BCUT2D eigenvalue weighted by atomic mass is 32.2. The van der Waals surface area contributed by atoms with Crippen LogP contribution in [0.5, 0.6) is 5.75 Å². The number of H-pyrrole nitrogens is 1. The number of methoxy groups -OCH3 is 1. The van der Waals surface area contributed by atoms with Gasteiger partial charge in [-0.1, -0.05) is 30.0 Å². The molecular formula is C17H17N3O2S. The van der Waals surface area contributed by atoms with E-state index in [2.05, 4.69) is 15.3 Å². The summed E-state index contributed by atoms with van der Waals surface area (Å²) in [5.74, 6) is 0.817. The van der Waals surface area contributed by atoms with E-state index in [0.29, 0.717) is 11.4 Å². The van der Waals surface area contributed by atoms with Crippen LogP contribution in [0.3, 0.4) is 0 Å². The summed E-state index contributed by atoms with van der Waals surface area (Å²) in [5, 5.41) is 3.58. The van der Waals surface area contributed by atoms with E-state index < -0.39 is 0 Å². The Labute approximate surface area is 138 Å². The van der Waals surface area contributed by atoms with Crippen LogP contribution in [0.2, 0.25) is 0 Å². The predicted octanol–water partition coefficient (Wildman–Crippen LogP) is 3.61. The number of rotatable bonds is 5. The molecule has 1 aromatic heterocycles. The van der Waals surface area contributed by atoms with Crippen molar-refractivity contribution in [2.24, 2.45) is 0 Å². The summed E-state index contributed by atoms with van der Waals surface area (Å²) < 4.78 is 5.22. The fourth-order valence-corrected chi connectivity index (χ4v) is 2.92. The molecule has 0 fully saturated rings. The summed E-state index contributed by atoms with van der Waals surface area (Å²) in [5.41, 5.74) is 3.73. The lowest BCUT2D eigenvalue weighted by molar-refractivity contribution is -0.113. The molecule has 0 aliphatic heterocycles. The average molecular weight is 327 g/mol. The Morgan fingerprint density at radius 1 is 1.30 bits per heavy atom. The Morgan fingerprint density at radius 2 is 2.13 bits per heavy atom. The lowest BCUT2D eigenvalue weighted by atomic mass is 10.2. The third-order valence-electron chi connectivity index (χ3n) is 3.34. The lowest BCUT2D eigenvalue weighted by Gasteiger charge is -2.09. The summed E-state index contributed by atoms with van der Waals surface area (Å²) in [4.78, 5) is 19.8. The van der Waals surface area contributed by atoms with Gasteiger partial charge in [0.15, 0.2) is 5.16 Å². The number of fused-ring (bicyclic) bond motifs is 1. The highest BCUT2D eigenvalue weighted by Crippen LogP contribution is 2.24. The van der Waals surface area contributed by atoms with Crippen LogP contribution in [0.25, 0.3) is 11.0 Å². The molecule has 2 N–H and O–H groups in total. The number of aromatic nitrogens is 2. The number of carbonyl (C=O) groups excluding carboxylic acids is 1. The summed E-state index contributed by atoms with van der Waals surface area (Å²) in [7, 11) is 1.58. The zero-order chi connectivity index (χ0) is 16.2. The molecule has 118 valence electrons. The summed E-state index contributed by atoms with van der Waals surface area (Å²) >= 11 is 1.37. The summed E-state index contributed by atoms with van der Waals surface area (Å²) in [6.45, 7) is 2.04. The second kappa shape index (κ2) is 6.75. The molecule has 0 bridgehead atoms. The number of nitrogens with zero attached hydrogens (tertiary/aromatic N) is 1. The van der Waals surface area contributed by atoms with Crippen molar-refractivity contribution in [1.82, 2.24) is 9.97 Å². The van der Waals surface area contributed by atoms with Crippen LogP contribution in [0, 0.1) is 6.92 Å². The number of aryl methyl sites for hydroxylation is 1. The van der Waals surface area contributed by atoms with Crippen LogP contribution in [0.15, 0.2) is 47.6 Å². The van der Waals surface area contributed by atoms with Gasteiger partial charge in [-0.25, -0.2) is 4.98 Å². The molecule has 3 aromatic rings. The minimum Gasteiger partial charge on any atom is -0.495 e. The monoisotopic (exact) mass is 327 g/mol. The first kappa shape index (κ1) is 15.4. The Bertz CT molecular complexity index is 845. The zero-order valence-electron chi connectivity index (χ0n) is 12.9. The molecule has 0 saturated carbocycles. The highest BCUT2D eigenvalue weighted by Gasteiger charge is 2.09. The number of thioether (sulfide) groups is 1. The van der Waals surface area contributed by atoms with E-state index in [1.54, 1.807) is 7.11 Å². The molecule has 1 amide bonds. The van der Waals surface area contributed by atoms with Gasteiger partial charge < -0.3 is 15.0 Å². The maximum Gasteiger partial charge on any atom is 0.234 e. The number of carbonyl (C=O) groups is 1. The van der Waals surface area contributed by atoms with Gasteiger partial charge in [0.2, 0.25) is 5.91 Å². The van der Waals surface area contributed by atoms with Gasteiger partial charge in [-0.15, -0.1) is 0 Å². The van der Waals surface area contributed by atoms with Crippen molar-refractivity contribution in [3.05, 3.63) is 48.0 Å². The van der Waals surface area contributed by atoms with Crippen molar-refractivity contribution >= 4 is 34.4 Å². The third-order valence-corrected chi connectivity index (χ3v) is 4.21. The summed E-state index contributed by atoms with van der Waals surface area (Å²) in [6.07, 6.45) is 0. The molecule has 0 saturated heterocycles. The number of hydrogen-bond acceptors (Lipinski definition) is 4. The van der Waals surface area contributed by atoms with Gasteiger partial charge in [-0.2, -0.15) is 0 Å². The molecule has 0 aliphatic carbocycles. The smallest absolute Gasteiger partial charge is 0.234 e. The molecule has 0 radical (unpaired) electrons. The van der Waals surface area contributed by atoms with Crippen LogP contribution >= 0.6 is 11.8 Å². The largest absolute Gasteiger partial charge is 0.495 e. The third kappa shape index (κ3) is 3.65. The Kier molecular flexibility index (Phi) is 4.52.